The molecule has 0 aromatic rings. The Kier molecular flexibility index (Phi) is 7.44. The summed E-state index contributed by atoms with van der Waals surface area (Å²) in [5, 5.41) is 2.99. The molecule has 0 atom stereocenters. The van der Waals surface area contributed by atoms with Gasteiger partial charge in [-0.05, 0) is 26.3 Å². The molecule has 0 aliphatic heterocycles. The van der Waals surface area contributed by atoms with Crippen LogP contribution in [0.3, 0.4) is 0 Å². The third-order valence-electron chi connectivity index (χ3n) is 1.21. The molecule has 1 nitrogen and oxygen atoms in total. The van der Waals surface area contributed by atoms with E-state index in [0.717, 1.165) is 6.42 Å². The Morgan fingerprint density at radius 2 is 2.00 bits per heavy atom. The first kappa shape index (κ1) is 8.70. The lowest BCUT2D eigenvalue weighted by atomic mass is 10.2. The quantitative estimate of drug-likeness (QED) is 0.424. The summed E-state index contributed by atoms with van der Waals surface area (Å²) in [5.41, 5.74) is 0. The van der Waals surface area contributed by atoms with Gasteiger partial charge in [0.1, 0.15) is 0 Å². The Hall–Kier alpha value is -0.300. The summed E-state index contributed by atoms with van der Waals surface area (Å²) in [6.45, 7) is 5.74. The highest BCUT2D eigenvalue weighted by Crippen LogP contribution is 1.99. The molecule has 0 fully saturated rings. The van der Waals surface area contributed by atoms with E-state index in [1.165, 1.54) is 19.3 Å². The second-order valence-electron chi connectivity index (χ2n) is 2.07. The number of nitrogens with one attached hydrogen (secondary N) is 1. The molecule has 0 unspecified atom stereocenters. The molecule has 0 aromatic heterocycles. The molecule has 0 heterocycles. The van der Waals surface area contributed by atoms with Crippen molar-refractivity contribution >= 4 is 0 Å². The number of rotatable bonds is 6. The maximum atomic E-state index is 3.65. The third kappa shape index (κ3) is 7.70. The lowest BCUT2D eigenvalue weighted by Gasteiger charge is -1.95. The standard InChI is InChI=1S/C8H16N/c1-3-4-5-6-7-8-9-2/h3,8-9H,1,4-7H2,2H3. The number of hydrogen-bond donors (Lipinski definition) is 1. The lowest BCUT2D eigenvalue weighted by molar-refractivity contribution is 0.707. The van der Waals surface area contributed by atoms with Crippen molar-refractivity contribution in [3.8, 4) is 0 Å². The molecule has 0 saturated heterocycles. The van der Waals surface area contributed by atoms with Gasteiger partial charge in [0.15, 0.2) is 0 Å². The Bertz CT molecular complexity index is 59.6. The molecule has 1 N–H and O–H groups in total. The SMILES string of the molecule is C=CCCCC[CH]NC. The van der Waals surface area contributed by atoms with Crippen molar-refractivity contribution in [2.45, 2.75) is 25.7 Å². The smallest absolute Gasteiger partial charge is 0.0218 e. The molecule has 0 spiro atoms. The normalized spacial score (nSPS) is 9.44. The average Bonchev–Trinajstić information content (AvgIpc) is 1.89. The van der Waals surface area contributed by atoms with Gasteiger partial charge >= 0.3 is 0 Å². The van der Waals surface area contributed by atoms with Crippen molar-refractivity contribution in [1.82, 2.24) is 5.32 Å². The van der Waals surface area contributed by atoms with E-state index in [4.69, 9.17) is 0 Å². The van der Waals surface area contributed by atoms with Crippen LogP contribution in [0.1, 0.15) is 25.7 Å². The van der Waals surface area contributed by atoms with E-state index in [9.17, 15) is 0 Å². The zero-order valence-corrected chi connectivity index (χ0v) is 6.19. The molecule has 0 aliphatic rings. The first-order valence-corrected chi connectivity index (χ1v) is 3.51. The topological polar surface area (TPSA) is 12.0 Å². The highest BCUT2D eigenvalue weighted by atomic mass is 14.8. The zero-order valence-electron chi connectivity index (χ0n) is 6.19. The summed E-state index contributed by atoms with van der Waals surface area (Å²) >= 11 is 0. The second kappa shape index (κ2) is 7.70. The van der Waals surface area contributed by atoms with Gasteiger partial charge in [-0.2, -0.15) is 0 Å². The minimum Gasteiger partial charge on any atom is -0.315 e. The molecular formula is C8H16N. The summed E-state index contributed by atoms with van der Waals surface area (Å²) in [4.78, 5) is 0. The fourth-order valence-corrected chi connectivity index (χ4v) is 0.679. The fourth-order valence-electron chi connectivity index (χ4n) is 0.679. The molecule has 0 rings (SSSR count). The third-order valence-corrected chi connectivity index (χ3v) is 1.21. The van der Waals surface area contributed by atoms with E-state index in [1.807, 2.05) is 13.1 Å². The molecule has 0 aromatic carbocycles. The molecule has 9 heavy (non-hydrogen) atoms. The molecular weight excluding hydrogens is 110 g/mol. The Morgan fingerprint density at radius 3 is 2.56 bits per heavy atom. The van der Waals surface area contributed by atoms with Gasteiger partial charge in [-0.15, -0.1) is 6.58 Å². The molecule has 1 radical (unpaired) electrons. The van der Waals surface area contributed by atoms with E-state index in [1.54, 1.807) is 0 Å². The van der Waals surface area contributed by atoms with Gasteiger partial charge in [-0.3, -0.25) is 0 Å². The Balaban J connectivity index is 2.66. The van der Waals surface area contributed by atoms with Crippen molar-refractivity contribution < 1.29 is 0 Å². The van der Waals surface area contributed by atoms with Crippen molar-refractivity contribution in [1.29, 1.82) is 0 Å². The Labute approximate surface area is 58.2 Å². The summed E-state index contributed by atoms with van der Waals surface area (Å²) in [5.74, 6) is 0. The predicted octanol–water partition coefficient (Wildman–Crippen LogP) is 2.11. The van der Waals surface area contributed by atoms with Crippen LogP contribution < -0.4 is 5.32 Å². The number of allylic oxidation sites excluding steroid dienone is 1. The van der Waals surface area contributed by atoms with Gasteiger partial charge in [0, 0.05) is 6.54 Å². The molecule has 53 valence electrons. The molecule has 1 heteroatoms. The molecule has 0 aliphatic carbocycles. The minimum atomic E-state index is 1.15. The van der Waals surface area contributed by atoms with E-state index < -0.39 is 0 Å². The van der Waals surface area contributed by atoms with Gasteiger partial charge in [-0.1, -0.05) is 12.5 Å². The van der Waals surface area contributed by atoms with Gasteiger partial charge < -0.3 is 5.32 Å². The number of hydrogen-bond acceptors (Lipinski definition) is 1. The lowest BCUT2D eigenvalue weighted by Crippen LogP contribution is -1.99. The van der Waals surface area contributed by atoms with Crippen molar-refractivity contribution in [2.75, 3.05) is 7.05 Å². The molecule has 0 saturated carbocycles. The van der Waals surface area contributed by atoms with Gasteiger partial charge in [0.25, 0.3) is 0 Å². The predicted molar refractivity (Wildman–Crippen MR) is 42.0 cm³/mol. The van der Waals surface area contributed by atoms with Crippen LogP contribution in [0.5, 0.6) is 0 Å². The molecule has 0 bridgehead atoms. The second-order valence-corrected chi connectivity index (χ2v) is 2.07. The summed E-state index contributed by atoms with van der Waals surface area (Å²) in [6.07, 6.45) is 6.83. The number of unbranched alkanes of at least 4 members (excludes halogenated alkanes) is 3. The van der Waals surface area contributed by atoms with E-state index in [2.05, 4.69) is 18.4 Å². The van der Waals surface area contributed by atoms with Crippen molar-refractivity contribution in [3.05, 3.63) is 19.2 Å². The highest BCUT2D eigenvalue weighted by molar-refractivity contribution is 4.66. The Morgan fingerprint density at radius 1 is 1.33 bits per heavy atom. The zero-order chi connectivity index (χ0) is 6.95. The van der Waals surface area contributed by atoms with Crippen LogP contribution in [0.4, 0.5) is 0 Å². The summed E-state index contributed by atoms with van der Waals surface area (Å²) in [7, 11) is 1.94. The van der Waals surface area contributed by atoms with Crippen LogP contribution in [0.2, 0.25) is 0 Å². The van der Waals surface area contributed by atoms with Gasteiger partial charge in [0.05, 0.1) is 0 Å². The van der Waals surface area contributed by atoms with Crippen LogP contribution in [-0.4, -0.2) is 7.05 Å². The minimum absolute atomic E-state index is 1.15. The monoisotopic (exact) mass is 126 g/mol. The maximum absolute atomic E-state index is 3.65. The maximum Gasteiger partial charge on any atom is 0.0218 e. The van der Waals surface area contributed by atoms with Gasteiger partial charge in [-0.25, -0.2) is 0 Å². The average molecular weight is 126 g/mol. The summed E-state index contributed by atoms with van der Waals surface area (Å²) in [6, 6.07) is 0. The van der Waals surface area contributed by atoms with E-state index >= 15 is 0 Å². The van der Waals surface area contributed by atoms with Crippen LogP contribution in [-0.2, 0) is 0 Å². The van der Waals surface area contributed by atoms with Crippen molar-refractivity contribution in [3.63, 3.8) is 0 Å². The van der Waals surface area contributed by atoms with E-state index in [0.29, 0.717) is 0 Å². The van der Waals surface area contributed by atoms with Gasteiger partial charge in [0.2, 0.25) is 0 Å². The van der Waals surface area contributed by atoms with Crippen LogP contribution in [0.15, 0.2) is 12.7 Å². The largest absolute Gasteiger partial charge is 0.315 e. The molecule has 0 amide bonds. The summed E-state index contributed by atoms with van der Waals surface area (Å²) < 4.78 is 0. The highest BCUT2D eigenvalue weighted by Gasteiger charge is 1.84. The van der Waals surface area contributed by atoms with Crippen LogP contribution >= 0.6 is 0 Å². The fraction of sp³-hybridized carbons (Fsp3) is 0.625. The van der Waals surface area contributed by atoms with Crippen LogP contribution in [0.25, 0.3) is 0 Å². The van der Waals surface area contributed by atoms with Crippen molar-refractivity contribution in [2.24, 2.45) is 0 Å². The first-order valence-electron chi connectivity index (χ1n) is 3.51. The first-order chi connectivity index (χ1) is 4.41. The van der Waals surface area contributed by atoms with Crippen LogP contribution in [0, 0.1) is 6.54 Å². The van der Waals surface area contributed by atoms with E-state index in [-0.39, 0.29) is 0 Å².